The second-order valence-corrected chi connectivity index (χ2v) is 7.29. The van der Waals surface area contributed by atoms with Gasteiger partial charge in [-0.3, -0.25) is 9.78 Å². The lowest BCUT2D eigenvalue weighted by Crippen LogP contribution is -2.19. The fraction of sp³-hybridized carbons (Fsp3) is 0.304. The van der Waals surface area contributed by atoms with Crippen molar-refractivity contribution >= 4 is 23.9 Å². The van der Waals surface area contributed by atoms with E-state index >= 15 is 0 Å². The van der Waals surface area contributed by atoms with Gasteiger partial charge in [0.2, 0.25) is 0 Å². The summed E-state index contributed by atoms with van der Waals surface area (Å²) in [5.74, 6) is 1.28. The third kappa shape index (κ3) is 7.15. The number of thioether (sulfide) groups is 1. The zero-order valence-corrected chi connectivity index (χ0v) is 18.7. The Hall–Kier alpha value is -2.93. The van der Waals surface area contributed by atoms with Gasteiger partial charge >= 0.3 is 0 Å². The van der Waals surface area contributed by atoms with Crippen LogP contribution in [0.3, 0.4) is 0 Å². The highest BCUT2D eigenvalue weighted by Crippen LogP contribution is 2.20. The van der Waals surface area contributed by atoms with Gasteiger partial charge in [-0.15, -0.1) is 0 Å². The zero-order valence-electron chi connectivity index (χ0n) is 17.9. The lowest BCUT2D eigenvalue weighted by molar-refractivity contribution is 0.0950. The molecule has 0 bridgehead atoms. The van der Waals surface area contributed by atoms with Crippen molar-refractivity contribution in [1.82, 2.24) is 15.4 Å². The number of carbonyl (C=O) groups excluding carboxylic acids is 1. The summed E-state index contributed by atoms with van der Waals surface area (Å²) in [5, 5.41) is 4.11. The number of hydrazone groups is 1. The fourth-order valence-electron chi connectivity index (χ4n) is 2.56. The van der Waals surface area contributed by atoms with Gasteiger partial charge < -0.3 is 4.74 Å². The minimum absolute atomic E-state index is 0.203. The minimum Gasteiger partial charge on any atom is -0.494 e. The highest BCUT2D eigenvalue weighted by Gasteiger charge is 2.09. The molecule has 2 rings (SSSR count). The van der Waals surface area contributed by atoms with E-state index in [2.05, 4.69) is 46.7 Å². The molecule has 0 fully saturated rings. The molecular formula is C23H28N4O2S. The first-order valence-electron chi connectivity index (χ1n) is 9.82. The predicted octanol–water partition coefficient (Wildman–Crippen LogP) is 4.90. The van der Waals surface area contributed by atoms with E-state index in [4.69, 9.17) is 4.74 Å². The molecule has 0 aliphatic heterocycles. The van der Waals surface area contributed by atoms with E-state index in [-0.39, 0.29) is 5.69 Å². The Morgan fingerprint density at radius 3 is 2.67 bits per heavy atom. The minimum atomic E-state index is -0.409. The summed E-state index contributed by atoms with van der Waals surface area (Å²) < 4.78 is 5.45. The number of hydrogen-bond acceptors (Lipinski definition) is 6. The van der Waals surface area contributed by atoms with Crippen molar-refractivity contribution in [3.63, 3.8) is 0 Å². The first-order chi connectivity index (χ1) is 14.6. The van der Waals surface area contributed by atoms with Gasteiger partial charge in [-0.1, -0.05) is 24.6 Å². The molecule has 0 radical (unpaired) electrons. The predicted molar refractivity (Wildman–Crippen MR) is 125 cm³/mol. The van der Waals surface area contributed by atoms with E-state index in [9.17, 15) is 4.79 Å². The van der Waals surface area contributed by atoms with Gasteiger partial charge in [0.05, 0.1) is 30.9 Å². The van der Waals surface area contributed by atoms with Crippen molar-refractivity contribution in [3.05, 3.63) is 65.7 Å². The molecule has 1 amide bonds. The van der Waals surface area contributed by atoms with Crippen LogP contribution in [-0.4, -0.2) is 40.7 Å². The Labute approximate surface area is 182 Å². The molecule has 2 aromatic rings. The van der Waals surface area contributed by atoms with E-state index in [1.54, 1.807) is 24.2 Å². The smallest absolute Gasteiger partial charge is 0.291 e. The van der Waals surface area contributed by atoms with Crippen molar-refractivity contribution in [2.45, 2.75) is 27.2 Å². The summed E-state index contributed by atoms with van der Waals surface area (Å²) in [4.78, 5) is 21.0. The number of rotatable bonds is 10. The standard InChI is InChI=1S/C23H28N4O2S/c1-5-7-8-19(17(3)16-30-4)13-25-27-23(28)22-15-24-14-21(26-22)18-9-11-20(12-10-18)29-6-2/h7-15H,5-6,16H2,1-4H3,(H,27,28)/b8-7-,19-17-,25-13+. The number of aromatic nitrogens is 2. The first kappa shape index (κ1) is 23.3. The largest absolute Gasteiger partial charge is 0.494 e. The normalized spacial score (nSPS) is 12.3. The van der Waals surface area contributed by atoms with Crippen molar-refractivity contribution in [2.75, 3.05) is 18.6 Å². The van der Waals surface area contributed by atoms with Crippen LogP contribution in [0.4, 0.5) is 0 Å². The topological polar surface area (TPSA) is 76.5 Å². The van der Waals surface area contributed by atoms with E-state index in [1.807, 2.05) is 37.3 Å². The number of amides is 1. The van der Waals surface area contributed by atoms with Crippen molar-refractivity contribution in [1.29, 1.82) is 0 Å². The Bertz CT molecular complexity index is 921. The number of nitrogens with one attached hydrogen (secondary N) is 1. The van der Waals surface area contributed by atoms with Crippen LogP contribution in [0.15, 0.2) is 65.1 Å². The monoisotopic (exact) mass is 424 g/mol. The third-order valence-electron chi connectivity index (χ3n) is 4.08. The Morgan fingerprint density at radius 2 is 2.00 bits per heavy atom. The number of hydrogen-bond donors (Lipinski definition) is 1. The van der Waals surface area contributed by atoms with Gasteiger partial charge in [-0.2, -0.15) is 16.9 Å². The summed E-state index contributed by atoms with van der Waals surface area (Å²) in [5.41, 5.74) is 6.39. The Kier molecular flexibility index (Phi) is 9.80. The molecule has 1 N–H and O–H groups in total. The molecule has 30 heavy (non-hydrogen) atoms. The van der Waals surface area contributed by atoms with Crippen molar-refractivity contribution in [2.24, 2.45) is 5.10 Å². The summed E-state index contributed by atoms with van der Waals surface area (Å²) >= 11 is 1.74. The summed E-state index contributed by atoms with van der Waals surface area (Å²) in [6.07, 6.45) is 11.8. The Morgan fingerprint density at radius 1 is 1.23 bits per heavy atom. The average molecular weight is 425 g/mol. The number of benzene rings is 1. The molecule has 1 heterocycles. The second-order valence-electron chi connectivity index (χ2n) is 6.43. The molecule has 0 aliphatic carbocycles. The van der Waals surface area contributed by atoms with Crippen LogP contribution >= 0.6 is 11.8 Å². The van der Waals surface area contributed by atoms with Gasteiger partial charge in [-0.05, 0) is 56.4 Å². The molecule has 7 heteroatoms. The molecule has 0 saturated carbocycles. The SMILES string of the molecule is CC\C=C/C(/C=N/NC(=O)c1cncc(-c2ccc(OCC)cc2)n1)=C(\C)CSC. The van der Waals surface area contributed by atoms with Gasteiger partial charge in [-0.25, -0.2) is 10.4 Å². The molecule has 0 spiro atoms. The van der Waals surface area contributed by atoms with E-state index in [1.165, 1.54) is 11.8 Å². The number of allylic oxidation sites excluding steroid dienone is 3. The van der Waals surface area contributed by atoms with E-state index in [0.29, 0.717) is 12.3 Å². The van der Waals surface area contributed by atoms with Crippen LogP contribution in [-0.2, 0) is 0 Å². The van der Waals surface area contributed by atoms with Gasteiger partial charge in [0.1, 0.15) is 11.4 Å². The van der Waals surface area contributed by atoms with Crippen LogP contribution < -0.4 is 10.2 Å². The molecule has 1 aromatic carbocycles. The third-order valence-corrected chi connectivity index (χ3v) is 4.81. The van der Waals surface area contributed by atoms with Crippen LogP contribution in [0.2, 0.25) is 0 Å². The van der Waals surface area contributed by atoms with Crippen LogP contribution in [0, 0.1) is 0 Å². The number of ether oxygens (including phenoxy) is 1. The summed E-state index contributed by atoms with van der Waals surface area (Å²) in [6.45, 7) is 6.68. The highest BCUT2D eigenvalue weighted by molar-refractivity contribution is 7.98. The summed E-state index contributed by atoms with van der Waals surface area (Å²) in [6, 6.07) is 7.51. The van der Waals surface area contributed by atoms with Crippen LogP contribution in [0.25, 0.3) is 11.3 Å². The van der Waals surface area contributed by atoms with E-state index in [0.717, 1.165) is 29.1 Å². The molecule has 1 aromatic heterocycles. The molecule has 158 valence electrons. The molecule has 0 atom stereocenters. The van der Waals surface area contributed by atoms with Crippen molar-refractivity contribution in [3.8, 4) is 17.0 Å². The molecule has 0 unspecified atom stereocenters. The average Bonchev–Trinajstić information content (AvgIpc) is 2.77. The quantitative estimate of drug-likeness (QED) is 0.333. The maximum atomic E-state index is 12.5. The van der Waals surface area contributed by atoms with Crippen LogP contribution in [0.5, 0.6) is 5.75 Å². The van der Waals surface area contributed by atoms with Gasteiger partial charge in [0.15, 0.2) is 0 Å². The second kappa shape index (κ2) is 12.6. The van der Waals surface area contributed by atoms with E-state index < -0.39 is 5.91 Å². The molecule has 6 nitrogen and oxygen atoms in total. The van der Waals surface area contributed by atoms with Gasteiger partial charge in [0.25, 0.3) is 5.91 Å². The number of nitrogens with zero attached hydrogens (tertiary/aromatic N) is 3. The molecular weight excluding hydrogens is 396 g/mol. The van der Waals surface area contributed by atoms with Crippen molar-refractivity contribution < 1.29 is 9.53 Å². The fourth-order valence-corrected chi connectivity index (χ4v) is 3.16. The van der Waals surface area contributed by atoms with Crippen LogP contribution in [0.1, 0.15) is 37.7 Å². The summed E-state index contributed by atoms with van der Waals surface area (Å²) in [7, 11) is 0. The lowest BCUT2D eigenvalue weighted by atomic mass is 10.1. The lowest BCUT2D eigenvalue weighted by Gasteiger charge is -2.06. The number of carbonyl (C=O) groups is 1. The maximum Gasteiger partial charge on any atom is 0.291 e. The molecule has 0 saturated heterocycles. The highest BCUT2D eigenvalue weighted by atomic mass is 32.2. The molecule has 0 aliphatic rings. The first-order valence-corrected chi connectivity index (χ1v) is 11.2. The zero-order chi connectivity index (χ0) is 21.8. The maximum absolute atomic E-state index is 12.5. The van der Waals surface area contributed by atoms with Gasteiger partial charge in [0, 0.05) is 11.3 Å². The Balaban J connectivity index is 2.11.